The Labute approximate surface area is 170 Å². The van der Waals surface area contributed by atoms with Gasteiger partial charge in [-0.05, 0) is 76.6 Å². The molecule has 1 saturated carbocycles. The van der Waals surface area contributed by atoms with Crippen LogP contribution in [0.4, 0.5) is 0 Å². The number of pyridine rings is 1. The lowest BCUT2D eigenvalue weighted by atomic mass is 9.84. The normalized spacial score (nSPS) is 20.0. The summed E-state index contributed by atoms with van der Waals surface area (Å²) in [6, 6.07) is 9.12. The van der Waals surface area contributed by atoms with Gasteiger partial charge in [0.1, 0.15) is 11.3 Å². The van der Waals surface area contributed by atoms with E-state index in [-0.39, 0.29) is 17.9 Å². The maximum Gasteiger partial charge on any atom is 0.306 e. The minimum atomic E-state index is -0.444. The number of fused-ring (bicyclic) bond motifs is 1. The number of esters is 1. The number of benzene rings is 1. The van der Waals surface area contributed by atoms with Gasteiger partial charge >= 0.3 is 5.97 Å². The molecule has 1 fully saturated rings. The second kappa shape index (κ2) is 8.48. The van der Waals surface area contributed by atoms with Crippen LogP contribution in [0.3, 0.4) is 0 Å². The molecule has 1 aliphatic carbocycles. The topological polar surface area (TPSA) is 68.3 Å². The predicted octanol–water partition coefficient (Wildman–Crippen LogP) is 4.91. The summed E-state index contributed by atoms with van der Waals surface area (Å²) < 4.78 is 5.41. The predicted molar refractivity (Wildman–Crippen MR) is 110 cm³/mol. The van der Waals surface area contributed by atoms with Crippen LogP contribution in [-0.4, -0.2) is 28.5 Å². The molecule has 150 valence electrons. The zero-order chi connectivity index (χ0) is 20.3. The fourth-order valence-electron chi connectivity index (χ4n) is 3.61. The molecule has 0 unspecified atom stereocenters. The van der Waals surface area contributed by atoms with E-state index in [2.05, 4.69) is 10.3 Å². The molecule has 2 aromatic rings. The molecule has 1 aromatic carbocycles. The molecule has 0 radical (unpaired) electrons. The molecule has 0 saturated heterocycles. The Bertz CT molecular complexity index is 868. The van der Waals surface area contributed by atoms with Crippen LogP contribution in [0.5, 0.6) is 0 Å². The van der Waals surface area contributed by atoms with Gasteiger partial charge in [-0.15, -0.1) is 0 Å². The number of aromatic nitrogens is 1. The van der Waals surface area contributed by atoms with Gasteiger partial charge in [0, 0.05) is 22.9 Å². The van der Waals surface area contributed by atoms with E-state index in [1.807, 2.05) is 39.0 Å². The Morgan fingerprint density at radius 2 is 1.86 bits per heavy atom. The van der Waals surface area contributed by atoms with Gasteiger partial charge in [-0.2, -0.15) is 0 Å². The van der Waals surface area contributed by atoms with Crippen LogP contribution in [0.2, 0.25) is 5.02 Å². The van der Waals surface area contributed by atoms with Gasteiger partial charge in [-0.3, -0.25) is 9.59 Å². The van der Waals surface area contributed by atoms with E-state index in [9.17, 15) is 9.59 Å². The van der Waals surface area contributed by atoms with Crippen molar-refractivity contribution in [3.8, 4) is 0 Å². The van der Waals surface area contributed by atoms with Gasteiger partial charge in [-0.25, -0.2) is 4.98 Å². The lowest BCUT2D eigenvalue weighted by Gasteiger charge is -2.29. The summed E-state index contributed by atoms with van der Waals surface area (Å²) in [6.45, 7) is 5.65. The highest BCUT2D eigenvalue weighted by atomic mass is 35.5. The maximum atomic E-state index is 12.6. The van der Waals surface area contributed by atoms with Crippen LogP contribution in [0.25, 0.3) is 10.9 Å². The number of hydrogen-bond acceptors (Lipinski definition) is 4. The van der Waals surface area contributed by atoms with E-state index in [1.54, 1.807) is 12.1 Å². The fraction of sp³-hybridized carbons (Fsp3) is 0.500. The second-order valence-electron chi connectivity index (χ2n) is 8.52. The molecule has 6 heteroatoms. The van der Waals surface area contributed by atoms with Crippen molar-refractivity contribution in [3.05, 3.63) is 41.0 Å². The molecule has 0 atom stereocenters. The molecular weight excluding hydrogens is 376 g/mol. The van der Waals surface area contributed by atoms with Gasteiger partial charge in [0.05, 0.1) is 5.52 Å². The maximum absolute atomic E-state index is 12.6. The average Bonchev–Trinajstić information content (AvgIpc) is 2.61. The summed E-state index contributed by atoms with van der Waals surface area (Å²) in [5, 5.41) is 4.64. The molecule has 1 N–H and O–H groups in total. The van der Waals surface area contributed by atoms with Crippen molar-refractivity contribution in [2.24, 2.45) is 5.92 Å². The Balaban J connectivity index is 1.51. The summed E-state index contributed by atoms with van der Waals surface area (Å²) in [5.41, 5.74) is 0.712. The third-order valence-corrected chi connectivity index (χ3v) is 5.18. The molecule has 5 nitrogen and oxygen atoms in total. The molecule has 1 aliphatic rings. The van der Waals surface area contributed by atoms with Crippen LogP contribution < -0.4 is 5.32 Å². The van der Waals surface area contributed by atoms with Crippen molar-refractivity contribution in [3.63, 3.8) is 0 Å². The Morgan fingerprint density at radius 1 is 1.14 bits per heavy atom. The molecule has 1 heterocycles. The Hall–Kier alpha value is -2.14. The largest absolute Gasteiger partial charge is 0.460 e. The van der Waals surface area contributed by atoms with E-state index in [1.165, 1.54) is 0 Å². The minimum absolute atomic E-state index is 0.116. The number of nitrogens with one attached hydrogen (secondary N) is 1. The van der Waals surface area contributed by atoms with Crippen molar-refractivity contribution in [2.45, 2.75) is 64.5 Å². The molecule has 0 aliphatic heterocycles. The first-order valence-electron chi connectivity index (χ1n) is 9.78. The van der Waals surface area contributed by atoms with Gasteiger partial charge in [0.2, 0.25) is 0 Å². The van der Waals surface area contributed by atoms with Crippen LogP contribution in [0.1, 0.15) is 63.4 Å². The van der Waals surface area contributed by atoms with E-state index in [0.717, 1.165) is 36.6 Å². The van der Waals surface area contributed by atoms with Gasteiger partial charge < -0.3 is 10.1 Å². The van der Waals surface area contributed by atoms with Crippen LogP contribution in [-0.2, 0) is 9.53 Å². The number of halogens is 1. The molecule has 1 aromatic heterocycles. The lowest BCUT2D eigenvalue weighted by molar-refractivity contribution is -0.156. The fourth-order valence-corrected chi connectivity index (χ4v) is 3.79. The zero-order valence-electron chi connectivity index (χ0n) is 16.6. The number of ether oxygens (including phenoxy) is 1. The van der Waals surface area contributed by atoms with Gasteiger partial charge in [-0.1, -0.05) is 17.7 Å². The molecule has 3 rings (SSSR count). The number of carbonyl (C=O) groups is 2. The van der Waals surface area contributed by atoms with Crippen LogP contribution in [0, 0.1) is 5.92 Å². The highest BCUT2D eigenvalue weighted by Gasteiger charge is 2.26. The minimum Gasteiger partial charge on any atom is -0.460 e. The van der Waals surface area contributed by atoms with Crippen molar-refractivity contribution in [1.82, 2.24) is 10.3 Å². The van der Waals surface area contributed by atoms with E-state index in [4.69, 9.17) is 16.3 Å². The van der Waals surface area contributed by atoms with Crippen LogP contribution >= 0.6 is 11.6 Å². The molecule has 1 amide bonds. The van der Waals surface area contributed by atoms with Gasteiger partial charge in [0.15, 0.2) is 0 Å². The molecule has 28 heavy (non-hydrogen) atoms. The summed E-state index contributed by atoms with van der Waals surface area (Å²) in [6.07, 6.45) is 4.00. The SMILES string of the molecule is CC(C)(C)OC(=O)CC1CCC(NC(=O)c2ccc3cc(Cl)ccc3n2)CC1. The Morgan fingerprint density at radius 3 is 2.54 bits per heavy atom. The van der Waals surface area contributed by atoms with E-state index in [0.29, 0.717) is 23.1 Å². The molecule has 0 spiro atoms. The van der Waals surface area contributed by atoms with E-state index >= 15 is 0 Å². The van der Waals surface area contributed by atoms with Crippen molar-refractivity contribution >= 4 is 34.4 Å². The van der Waals surface area contributed by atoms with Crippen molar-refractivity contribution in [1.29, 1.82) is 0 Å². The third kappa shape index (κ3) is 5.68. The van der Waals surface area contributed by atoms with E-state index < -0.39 is 5.60 Å². The highest BCUT2D eigenvalue weighted by Crippen LogP contribution is 2.28. The van der Waals surface area contributed by atoms with Crippen molar-refractivity contribution < 1.29 is 14.3 Å². The first kappa shape index (κ1) is 20.6. The van der Waals surface area contributed by atoms with Crippen molar-refractivity contribution in [2.75, 3.05) is 0 Å². The lowest BCUT2D eigenvalue weighted by Crippen LogP contribution is -2.38. The number of rotatable bonds is 4. The van der Waals surface area contributed by atoms with Crippen LogP contribution in [0.15, 0.2) is 30.3 Å². The molecular formula is C22H27ClN2O3. The van der Waals surface area contributed by atoms with Gasteiger partial charge in [0.25, 0.3) is 5.91 Å². The third-order valence-electron chi connectivity index (χ3n) is 4.94. The quantitative estimate of drug-likeness (QED) is 0.738. The second-order valence-corrected chi connectivity index (χ2v) is 8.95. The number of nitrogens with zero attached hydrogens (tertiary/aromatic N) is 1. The summed E-state index contributed by atoms with van der Waals surface area (Å²) >= 11 is 5.99. The first-order chi connectivity index (χ1) is 13.2. The monoisotopic (exact) mass is 402 g/mol. The standard InChI is InChI=1S/C22H27ClN2O3/c1-22(2,3)28-20(26)12-14-4-8-17(9-5-14)24-21(27)19-10-6-15-13-16(23)7-11-18(15)25-19/h6-7,10-11,13-14,17H,4-5,8-9,12H2,1-3H3,(H,24,27). The molecule has 0 bridgehead atoms. The first-order valence-corrected chi connectivity index (χ1v) is 10.2. The average molecular weight is 403 g/mol. The smallest absolute Gasteiger partial charge is 0.306 e. The zero-order valence-corrected chi connectivity index (χ0v) is 17.4. The number of hydrogen-bond donors (Lipinski definition) is 1. The summed E-state index contributed by atoms with van der Waals surface area (Å²) in [4.78, 5) is 29.0. The number of carbonyl (C=O) groups excluding carboxylic acids is 2. The number of amides is 1. The summed E-state index contributed by atoms with van der Waals surface area (Å²) in [7, 11) is 0. The summed E-state index contributed by atoms with van der Waals surface area (Å²) in [5.74, 6) is 0.0273. The highest BCUT2D eigenvalue weighted by molar-refractivity contribution is 6.31. The Kier molecular flexibility index (Phi) is 6.23.